The number of piperazine rings is 1. The van der Waals surface area contributed by atoms with Crippen molar-refractivity contribution in [1.82, 2.24) is 20.0 Å². The SMILES string of the molecule is COC(=O)C(CNC(=O)OC(C)(C)C)N1CCN(C(=O)N2CCOCC2)CC1. The maximum atomic E-state index is 12.6. The van der Waals surface area contributed by atoms with E-state index in [0.29, 0.717) is 52.5 Å². The molecule has 2 heterocycles. The summed E-state index contributed by atoms with van der Waals surface area (Å²) in [7, 11) is 1.32. The third kappa shape index (κ3) is 6.52. The van der Waals surface area contributed by atoms with Gasteiger partial charge in [-0.25, -0.2) is 9.59 Å². The number of hydrogen-bond acceptors (Lipinski definition) is 7. The fourth-order valence-electron chi connectivity index (χ4n) is 3.17. The van der Waals surface area contributed by atoms with E-state index in [-0.39, 0.29) is 12.6 Å². The number of morpholine rings is 1. The van der Waals surface area contributed by atoms with Crippen LogP contribution in [0.5, 0.6) is 0 Å². The van der Waals surface area contributed by atoms with E-state index in [1.165, 1.54) is 7.11 Å². The van der Waals surface area contributed by atoms with Crippen LogP contribution in [0.15, 0.2) is 0 Å². The zero-order valence-corrected chi connectivity index (χ0v) is 17.2. The number of carbonyl (C=O) groups is 3. The second kappa shape index (κ2) is 9.92. The molecule has 2 rings (SSSR count). The lowest BCUT2D eigenvalue weighted by molar-refractivity contribution is -0.147. The highest BCUT2D eigenvalue weighted by Gasteiger charge is 2.33. The van der Waals surface area contributed by atoms with Gasteiger partial charge in [0, 0.05) is 45.8 Å². The Labute approximate surface area is 166 Å². The Balaban J connectivity index is 1.87. The highest BCUT2D eigenvalue weighted by atomic mass is 16.6. The lowest BCUT2D eigenvalue weighted by Gasteiger charge is -2.40. The number of nitrogens with zero attached hydrogens (tertiary/aromatic N) is 3. The van der Waals surface area contributed by atoms with Gasteiger partial charge in [0.05, 0.1) is 20.3 Å². The second-order valence-electron chi connectivity index (χ2n) is 7.83. The third-order valence-electron chi connectivity index (χ3n) is 4.62. The fourth-order valence-corrected chi connectivity index (χ4v) is 3.17. The van der Waals surface area contributed by atoms with E-state index in [0.717, 1.165) is 0 Å². The normalized spacial score (nSPS) is 19.7. The smallest absolute Gasteiger partial charge is 0.407 e. The van der Waals surface area contributed by atoms with Crippen LogP contribution in [0.4, 0.5) is 9.59 Å². The molecule has 0 aromatic carbocycles. The van der Waals surface area contributed by atoms with Crippen molar-refractivity contribution >= 4 is 18.1 Å². The van der Waals surface area contributed by atoms with Crippen LogP contribution in [0.3, 0.4) is 0 Å². The van der Waals surface area contributed by atoms with Crippen LogP contribution < -0.4 is 5.32 Å². The summed E-state index contributed by atoms with van der Waals surface area (Å²) in [5, 5.41) is 2.63. The zero-order chi connectivity index (χ0) is 20.7. The summed E-state index contributed by atoms with van der Waals surface area (Å²) in [6, 6.07) is -0.623. The summed E-state index contributed by atoms with van der Waals surface area (Å²) < 4.78 is 15.4. The van der Waals surface area contributed by atoms with Crippen molar-refractivity contribution in [3.05, 3.63) is 0 Å². The van der Waals surface area contributed by atoms with Gasteiger partial charge in [0.1, 0.15) is 11.6 Å². The highest BCUT2D eigenvalue weighted by molar-refractivity contribution is 5.77. The van der Waals surface area contributed by atoms with Crippen LogP contribution in [0.1, 0.15) is 20.8 Å². The number of carbonyl (C=O) groups excluding carboxylic acids is 3. The van der Waals surface area contributed by atoms with Gasteiger partial charge in [0.15, 0.2) is 0 Å². The molecule has 2 aliphatic rings. The Hall–Kier alpha value is -2.07. The maximum Gasteiger partial charge on any atom is 0.407 e. The Morgan fingerprint density at radius 1 is 1.00 bits per heavy atom. The molecule has 1 unspecified atom stereocenters. The second-order valence-corrected chi connectivity index (χ2v) is 7.83. The van der Waals surface area contributed by atoms with Crippen molar-refractivity contribution in [3.63, 3.8) is 0 Å². The molecule has 10 heteroatoms. The number of nitrogens with one attached hydrogen (secondary N) is 1. The quantitative estimate of drug-likeness (QED) is 0.669. The predicted molar refractivity (Wildman–Crippen MR) is 101 cm³/mol. The number of alkyl carbamates (subject to hydrolysis) is 1. The van der Waals surface area contributed by atoms with Gasteiger partial charge in [0.2, 0.25) is 0 Å². The first-order valence-electron chi connectivity index (χ1n) is 9.61. The minimum Gasteiger partial charge on any atom is -0.468 e. The van der Waals surface area contributed by atoms with E-state index in [1.54, 1.807) is 30.6 Å². The van der Waals surface area contributed by atoms with E-state index < -0.39 is 23.7 Å². The molecule has 3 amide bonds. The molecule has 0 radical (unpaired) electrons. The van der Waals surface area contributed by atoms with Crippen LogP contribution >= 0.6 is 0 Å². The van der Waals surface area contributed by atoms with E-state index in [4.69, 9.17) is 14.2 Å². The van der Waals surface area contributed by atoms with Crippen LogP contribution in [-0.4, -0.2) is 111 Å². The number of esters is 1. The third-order valence-corrected chi connectivity index (χ3v) is 4.62. The molecule has 0 aromatic heterocycles. The molecular weight excluding hydrogens is 368 g/mol. The molecule has 0 spiro atoms. The predicted octanol–water partition coefficient (Wildman–Crippen LogP) is 0.123. The summed E-state index contributed by atoms with van der Waals surface area (Å²) in [6.07, 6.45) is -0.581. The number of ether oxygens (including phenoxy) is 3. The number of urea groups is 1. The first-order chi connectivity index (χ1) is 13.2. The highest BCUT2D eigenvalue weighted by Crippen LogP contribution is 2.12. The first-order valence-corrected chi connectivity index (χ1v) is 9.61. The van der Waals surface area contributed by atoms with Gasteiger partial charge < -0.3 is 29.3 Å². The van der Waals surface area contributed by atoms with Gasteiger partial charge in [-0.15, -0.1) is 0 Å². The van der Waals surface area contributed by atoms with E-state index in [9.17, 15) is 14.4 Å². The molecule has 0 saturated carbocycles. The molecule has 1 N–H and O–H groups in total. The molecule has 160 valence electrons. The lowest BCUT2D eigenvalue weighted by Crippen LogP contribution is -2.59. The van der Waals surface area contributed by atoms with Gasteiger partial charge in [-0.3, -0.25) is 9.69 Å². The minimum atomic E-state index is -0.627. The van der Waals surface area contributed by atoms with E-state index in [2.05, 4.69) is 5.32 Å². The Kier molecular flexibility index (Phi) is 7.88. The van der Waals surface area contributed by atoms with Crippen LogP contribution in [0.2, 0.25) is 0 Å². The van der Waals surface area contributed by atoms with Crippen molar-refractivity contribution in [2.45, 2.75) is 32.4 Å². The monoisotopic (exact) mass is 400 g/mol. The summed E-state index contributed by atoms with van der Waals surface area (Å²) >= 11 is 0. The average Bonchev–Trinajstić information content (AvgIpc) is 2.67. The van der Waals surface area contributed by atoms with E-state index in [1.807, 2.05) is 4.90 Å². The number of rotatable bonds is 4. The Bertz CT molecular complexity index is 551. The van der Waals surface area contributed by atoms with Crippen molar-refractivity contribution in [3.8, 4) is 0 Å². The van der Waals surface area contributed by atoms with Crippen molar-refractivity contribution < 1.29 is 28.6 Å². The first kappa shape index (κ1) is 22.2. The molecule has 28 heavy (non-hydrogen) atoms. The topological polar surface area (TPSA) is 101 Å². The standard InChI is InChI=1S/C18H32N4O6/c1-18(2,3)28-16(24)19-13-14(15(23)26-4)20-5-7-21(8-6-20)17(25)22-9-11-27-12-10-22/h14H,5-13H2,1-4H3,(H,19,24). The summed E-state index contributed by atoms with van der Waals surface area (Å²) in [6.45, 7) is 9.79. The van der Waals surface area contributed by atoms with Gasteiger partial charge in [-0.1, -0.05) is 0 Å². The fraction of sp³-hybridized carbons (Fsp3) is 0.833. The Morgan fingerprint density at radius 2 is 1.57 bits per heavy atom. The van der Waals surface area contributed by atoms with Gasteiger partial charge in [0.25, 0.3) is 0 Å². The van der Waals surface area contributed by atoms with Gasteiger partial charge in [-0.05, 0) is 20.8 Å². The van der Waals surface area contributed by atoms with Gasteiger partial charge >= 0.3 is 18.1 Å². The summed E-state index contributed by atoms with van der Waals surface area (Å²) in [5.41, 5.74) is -0.615. The largest absolute Gasteiger partial charge is 0.468 e. The molecule has 2 aliphatic heterocycles. The lowest BCUT2D eigenvalue weighted by atomic mass is 10.2. The molecule has 0 aromatic rings. The number of methoxy groups -OCH3 is 1. The van der Waals surface area contributed by atoms with Crippen molar-refractivity contribution in [2.24, 2.45) is 0 Å². The molecular formula is C18H32N4O6. The maximum absolute atomic E-state index is 12.6. The number of hydrogen-bond donors (Lipinski definition) is 1. The molecule has 2 saturated heterocycles. The van der Waals surface area contributed by atoms with E-state index >= 15 is 0 Å². The summed E-state index contributed by atoms with van der Waals surface area (Å²) in [5.74, 6) is -0.427. The van der Waals surface area contributed by atoms with Gasteiger partial charge in [-0.2, -0.15) is 0 Å². The minimum absolute atomic E-state index is 0.00412. The Morgan fingerprint density at radius 3 is 2.11 bits per heavy atom. The average molecular weight is 400 g/mol. The molecule has 2 fully saturated rings. The van der Waals surface area contributed by atoms with Crippen LogP contribution in [-0.2, 0) is 19.0 Å². The molecule has 0 aliphatic carbocycles. The molecule has 10 nitrogen and oxygen atoms in total. The van der Waals surface area contributed by atoms with Crippen molar-refractivity contribution in [1.29, 1.82) is 0 Å². The van der Waals surface area contributed by atoms with Crippen molar-refractivity contribution in [2.75, 3.05) is 66.1 Å². The summed E-state index contributed by atoms with van der Waals surface area (Å²) in [4.78, 5) is 42.2. The molecule has 1 atom stereocenters. The zero-order valence-electron chi connectivity index (χ0n) is 17.2. The van der Waals surface area contributed by atoms with Crippen LogP contribution in [0.25, 0.3) is 0 Å². The molecule has 0 bridgehead atoms. The number of amides is 3. The van der Waals surface area contributed by atoms with Crippen LogP contribution in [0, 0.1) is 0 Å².